The van der Waals surface area contributed by atoms with E-state index in [9.17, 15) is 9.59 Å². The van der Waals surface area contributed by atoms with E-state index >= 15 is 0 Å². The lowest BCUT2D eigenvalue weighted by atomic mass is 10.2. The van der Waals surface area contributed by atoms with Crippen LogP contribution in [0.15, 0.2) is 18.5 Å². The third-order valence-electron chi connectivity index (χ3n) is 2.11. The van der Waals surface area contributed by atoms with Gasteiger partial charge in [0, 0.05) is 12.4 Å². The van der Waals surface area contributed by atoms with Gasteiger partial charge in [-0.1, -0.05) is 0 Å². The molecule has 0 fully saturated rings. The van der Waals surface area contributed by atoms with Crippen molar-refractivity contribution in [2.45, 2.75) is 39.0 Å². The van der Waals surface area contributed by atoms with Crippen molar-refractivity contribution < 1.29 is 19.1 Å². The Hall–Kier alpha value is -2.05. The Labute approximate surface area is 111 Å². The molecular formula is C12H19N3O4. The Bertz CT molecular complexity index is 423. The lowest BCUT2D eigenvalue weighted by Gasteiger charge is -2.22. The number of hydrogen-bond acceptors (Lipinski definition) is 5. The third kappa shape index (κ3) is 5.41. The third-order valence-corrected chi connectivity index (χ3v) is 2.11. The highest BCUT2D eigenvalue weighted by molar-refractivity contribution is 5.81. The summed E-state index contributed by atoms with van der Waals surface area (Å²) < 4.78 is 11.3. The molecule has 0 bridgehead atoms. The average molecular weight is 269 g/mol. The van der Waals surface area contributed by atoms with E-state index in [1.165, 1.54) is 11.8 Å². The van der Waals surface area contributed by atoms with Crippen LogP contribution in [0.4, 0.5) is 4.79 Å². The van der Waals surface area contributed by atoms with Crippen molar-refractivity contribution in [1.82, 2.24) is 15.1 Å². The number of ether oxygens (including phenoxy) is 2. The maximum atomic E-state index is 11.6. The molecule has 19 heavy (non-hydrogen) atoms. The molecule has 1 N–H and O–H groups in total. The van der Waals surface area contributed by atoms with Crippen LogP contribution in [0.2, 0.25) is 0 Å². The molecule has 1 atom stereocenters. The Kier molecular flexibility index (Phi) is 4.91. The summed E-state index contributed by atoms with van der Waals surface area (Å²) in [6.45, 7) is 5.41. The molecule has 0 aliphatic rings. The highest BCUT2D eigenvalue weighted by Gasteiger charge is 2.25. The summed E-state index contributed by atoms with van der Waals surface area (Å²) in [5, 5.41) is 6.44. The number of amides is 1. The van der Waals surface area contributed by atoms with Crippen molar-refractivity contribution in [3.63, 3.8) is 0 Å². The predicted molar refractivity (Wildman–Crippen MR) is 67.4 cm³/mol. The zero-order chi connectivity index (χ0) is 14.5. The smallest absolute Gasteiger partial charge is 0.408 e. The zero-order valence-electron chi connectivity index (χ0n) is 11.5. The molecular weight excluding hydrogens is 250 g/mol. The number of nitrogens with one attached hydrogen (secondary N) is 1. The monoisotopic (exact) mass is 269 g/mol. The van der Waals surface area contributed by atoms with Gasteiger partial charge >= 0.3 is 12.1 Å². The second-order valence-corrected chi connectivity index (χ2v) is 4.95. The number of alkyl carbamates (subject to hydrolysis) is 1. The van der Waals surface area contributed by atoms with Crippen LogP contribution in [0.5, 0.6) is 0 Å². The number of nitrogens with zero attached hydrogens (tertiary/aromatic N) is 2. The van der Waals surface area contributed by atoms with Gasteiger partial charge < -0.3 is 14.8 Å². The van der Waals surface area contributed by atoms with Gasteiger partial charge in [0.2, 0.25) is 0 Å². The number of aromatic nitrogens is 2. The molecule has 0 aliphatic heterocycles. The molecule has 0 saturated heterocycles. The molecule has 0 spiro atoms. The van der Waals surface area contributed by atoms with Gasteiger partial charge in [0.25, 0.3) is 0 Å². The fourth-order valence-corrected chi connectivity index (χ4v) is 1.37. The summed E-state index contributed by atoms with van der Waals surface area (Å²) in [5.74, 6) is -0.554. The maximum Gasteiger partial charge on any atom is 0.408 e. The van der Waals surface area contributed by atoms with Crippen molar-refractivity contribution in [1.29, 1.82) is 0 Å². The van der Waals surface area contributed by atoms with Crippen molar-refractivity contribution in [2.24, 2.45) is 0 Å². The van der Waals surface area contributed by atoms with E-state index in [1.54, 1.807) is 39.2 Å². The highest BCUT2D eigenvalue weighted by Crippen LogP contribution is 2.07. The molecule has 1 aromatic heterocycles. The zero-order valence-corrected chi connectivity index (χ0v) is 11.5. The van der Waals surface area contributed by atoms with Crippen LogP contribution < -0.4 is 5.32 Å². The Morgan fingerprint density at radius 3 is 2.58 bits per heavy atom. The highest BCUT2D eigenvalue weighted by atomic mass is 16.6. The molecule has 1 unspecified atom stereocenters. The van der Waals surface area contributed by atoms with Crippen LogP contribution in [0.1, 0.15) is 20.8 Å². The minimum Gasteiger partial charge on any atom is -0.467 e. The molecule has 106 valence electrons. The van der Waals surface area contributed by atoms with Crippen LogP contribution >= 0.6 is 0 Å². The van der Waals surface area contributed by atoms with E-state index in [1.807, 2.05) is 0 Å². The Balaban J connectivity index is 2.65. The summed E-state index contributed by atoms with van der Waals surface area (Å²) in [6.07, 6.45) is 2.60. The van der Waals surface area contributed by atoms with Crippen molar-refractivity contribution in [3.8, 4) is 0 Å². The summed E-state index contributed by atoms with van der Waals surface area (Å²) in [5.41, 5.74) is -0.629. The van der Waals surface area contributed by atoms with E-state index in [2.05, 4.69) is 15.2 Å². The van der Waals surface area contributed by atoms with E-state index < -0.39 is 23.7 Å². The number of carbonyl (C=O) groups is 2. The van der Waals surface area contributed by atoms with E-state index in [0.717, 1.165) is 0 Å². The standard InChI is InChI=1S/C12H19N3O4/c1-12(2,3)19-11(17)14-9(10(16)18-4)8-15-7-5-6-13-15/h5-7,9H,8H2,1-4H3,(H,14,17). The normalized spacial score (nSPS) is 12.6. The number of methoxy groups -OCH3 is 1. The summed E-state index contributed by atoms with van der Waals surface area (Å²) in [6, 6.07) is 0.877. The van der Waals surface area contributed by atoms with Gasteiger partial charge in [-0.2, -0.15) is 5.10 Å². The second kappa shape index (κ2) is 6.21. The topological polar surface area (TPSA) is 82.5 Å². The fourth-order valence-electron chi connectivity index (χ4n) is 1.37. The van der Waals surface area contributed by atoms with Gasteiger partial charge in [-0.15, -0.1) is 0 Å². The van der Waals surface area contributed by atoms with Gasteiger partial charge in [0.05, 0.1) is 13.7 Å². The minimum absolute atomic E-state index is 0.179. The molecule has 1 rings (SSSR count). The quantitative estimate of drug-likeness (QED) is 0.823. The van der Waals surface area contributed by atoms with Crippen molar-refractivity contribution in [3.05, 3.63) is 18.5 Å². The first kappa shape index (κ1) is 15.0. The summed E-state index contributed by atoms with van der Waals surface area (Å²) >= 11 is 0. The first-order valence-electron chi connectivity index (χ1n) is 5.86. The maximum absolute atomic E-state index is 11.6. The predicted octanol–water partition coefficient (Wildman–Crippen LogP) is 0.949. The summed E-state index contributed by atoms with van der Waals surface area (Å²) in [7, 11) is 1.26. The molecule has 0 radical (unpaired) electrons. The van der Waals surface area contributed by atoms with Gasteiger partial charge in [-0.3, -0.25) is 4.68 Å². The van der Waals surface area contributed by atoms with Crippen molar-refractivity contribution in [2.75, 3.05) is 7.11 Å². The van der Waals surface area contributed by atoms with E-state index in [-0.39, 0.29) is 6.54 Å². The van der Waals surface area contributed by atoms with Gasteiger partial charge in [0.15, 0.2) is 0 Å². The average Bonchev–Trinajstić information content (AvgIpc) is 2.77. The lowest BCUT2D eigenvalue weighted by Crippen LogP contribution is -2.46. The van der Waals surface area contributed by atoms with Gasteiger partial charge in [0.1, 0.15) is 11.6 Å². The summed E-state index contributed by atoms with van der Waals surface area (Å²) in [4.78, 5) is 23.3. The fraction of sp³-hybridized carbons (Fsp3) is 0.583. The van der Waals surface area contributed by atoms with Crippen LogP contribution in [0.3, 0.4) is 0 Å². The van der Waals surface area contributed by atoms with Crippen LogP contribution in [-0.4, -0.2) is 40.6 Å². The van der Waals surface area contributed by atoms with Crippen molar-refractivity contribution >= 4 is 12.1 Å². The molecule has 1 heterocycles. The molecule has 0 aromatic carbocycles. The molecule has 1 amide bonds. The van der Waals surface area contributed by atoms with Gasteiger partial charge in [-0.05, 0) is 26.8 Å². The SMILES string of the molecule is COC(=O)C(Cn1cccn1)NC(=O)OC(C)(C)C. The molecule has 0 saturated carbocycles. The first-order chi connectivity index (χ1) is 8.81. The largest absolute Gasteiger partial charge is 0.467 e. The molecule has 0 aliphatic carbocycles. The van der Waals surface area contributed by atoms with Crippen LogP contribution in [-0.2, 0) is 20.8 Å². The lowest BCUT2D eigenvalue weighted by molar-refractivity contribution is -0.143. The number of rotatable bonds is 4. The van der Waals surface area contributed by atoms with Crippen LogP contribution in [0.25, 0.3) is 0 Å². The van der Waals surface area contributed by atoms with E-state index in [4.69, 9.17) is 4.74 Å². The Morgan fingerprint density at radius 2 is 2.11 bits per heavy atom. The number of hydrogen-bond donors (Lipinski definition) is 1. The second-order valence-electron chi connectivity index (χ2n) is 4.95. The number of esters is 1. The molecule has 7 heteroatoms. The molecule has 7 nitrogen and oxygen atoms in total. The first-order valence-corrected chi connectivity index (χ1v) is 5.86. The molecule has 1 aromatic rings. The Morgan fingerprint density at radius 1 is 1.42 bits per heavy atom. The van der Waals surface area contributed by atoms with Crippen LogP contribution in [0, 0.1) is 0 Å². The number of carbonyl (C=O) groups excluding carboxylic acids is 2. The minimum atomic E-state index is -0.847. The van der Waals surface area contributed by atoms with Gasteiger partial charge in [-0.25, -0.2) is 9.59 Å². The van der Waals surface area contributed by atoms with E-state index in [0.29, 0.717) is 0 Å².